The van der Waals surface area contributed by atoms with Gasteiger partial charge in [-0.2, -0.15) is 0 Å². The maximum atomic E-state index is 5.73. The van der Waals surface area contributed by atoms with Crippen LogP contribution in [0.25, 0.3) is 0 Å². The Morgan fingerprint density at radius 2 is 2.31 bits per heavy atom. The standard InChI is InChI=1S/C8H14N4S/c1-11(2)8-10-6-3-4-12(9)5-7(6)13-8/h3-5,9H2,1-2H3. The van der Waals surface area contributed by atoms with Crippen molar-refractivity contribution in [2.24, 2.45) is 5.84 Å². The van der Waals surface area contributed by atoms with E-state index in [1.807, 2.05) is 24.0 Å². The second kappa shape index (κ2) is 3.25. The van der Waals surface area contributed by atoms with E-state index in [4.69, 9.17) is 5.84 Å². The minimum Gasteiger partial charge on any atom is -0.354 e. The van der Waals surface area contributed by atoms with E-state index in [0.717, 1.165) is 24.6 Å². The lowest BCUT2D eigenvalue weighted by Crippen LogP contribution is -2.35. The molecule has 1 aliphatic rings. The summed E-state index contributed by atoms with van der Waals surface area (Å²) in [5.74, 6) is 5.73. The van der Waals surface area contributed by atoms with Gasteiger partial charge in [0.1, 0.15) is 0 Å². The fraction of sp³-hybridized carbons (Fsp3) is 0.625. The van der Waals surface area contributed by atoms with Crippen molar-refractivity contribution >= 4 is 16.5 Å². The molecule has 0 spiro atoms. The third kappa shape index (κ3) is 1.67. The molecule has 1 aromatic heterocycles. The van der Waals surface area contributed by atoms with Crippen molar-refractivity contribution < 1.29 is 0 Å². The Labute approximate surface area is 81.9 Å². The van der Waals surface area contributed by atoms with E-state index in [9.17, 15) is 0 Å². The van der Waals surface area contributed by atoms with Crippen LogP contribution in [-0.2, 0) is 13.0 Å². The van der Waals surface area contributed by atoms with Crippen LogP contribution < -0.4 is 10.7 Å². The summed E-state index contributed by atoms with van der Waals surface area (Å²) >= 11 is 1.74. The second-order valence-electron chi connectivity index (χ2n) is 3.48. The zero-order chi connectivity index (χ0) is 9.42. The van der Waals surface area contributed by atoms with Crippen LogP contribution in [0.3, 0.4) is 0 Å². The smallest absolute Gasteiger partial charge is 0.185 e. The van der Waals surface area contributed by atoms with E-state index in [2.05, 4.69) is 4.98 Å². The van der Waals surface area contributed by atoms with Gasteiger partial charge in [0, 0.05) is 38.5 Å². The van der Waals surface area contributed by atoms with Gasteiger partial charge in [-0.15, -0.1) is 11.3 Å². The van der Waals surface area contributed by atoms with E-state index in [1.165, 1.54) is 10.6 Å². The molecular weight excluding hydrogens is 184 g/mol. The van der Waals surface area contributed by atoms with Gasteiger partial charge in [0.2, 0.25) is 0 Å². The Hall–Kier alpha value is -0.650. The van der Waals surface area contributed by atoms with Gasteiger partial charge in [-0.1, -0.05) is 0 Å². The number of anilines is 1. The predicted octanol–water partition coefficient (Wildman–Crippen LogP) is 0.441. The third-order valence-corrected chi connectivity index (χ3v) is 3.38. The van der Waals surface area contributed by atoms with Crippen molar-refractivity contribution in [3.05, 3.63) is 10.6 Å². The molecular formula is C8H14N4S. The first kappa shape index (κ1) is 8.93. The van der Waals surface area contributed by atoms with Crippen molar-refractivity contribution in [3.8, 4) is 0 Å². The van der Waals surface area contributed by atoms with E-state index < -0.39 is 0 Å². The molecule has 2 heterocycles. The molecule has 2 N–H and O–H groups in total. The fourth-order valence-corrected chi connectivity index (χ4v) is 2.45. The molecule has 1 aliphatic heterocycles. The SMILES string of the molecule is CN(C)c1nc2c(s1)CN(N)CC2. The normalized spacial score (nSPS) is 17.2. The van der Waals surface area contributed by atoms with Gasteiger partial charge in [-0.25, -0.2) is 9.99 Å². The van der Waals surface area contributed by atoms with Gasteiger partial charge in [-0.05, 0) is 0 Å². The van der Waals surface area contributed by atoms with Crippen molar-refractivity contribution in [3.63, 3.8) is 0 Å². The fourth-order valence-electron chi connectivity index (χ4n) is 1.39. The Morgan fingerprint density at radius 1 is 1.54 bits per heavy atom. The molecule has 72 valence electrons. The lowest BCUT2D eigenvalue weighted by molar-refractivity contribution is 0.264. The lowest BCUT2D eigenvalue weighted by Gasteiger charge is -2.19. The molecule has 0 radical (unpaired) electrons. The van der Waals surface area contributed by atoms with E-state index in [-0.39, 0.29) is 0 Å². The average molecular weight is 198 g/mol. The zero-order valence-corrected chi connectivity index (χ0v) is 8.77. The summed E-state index contributed by atoms with van der Waals surface area (Å²) in [6, 6.07) is 0. The number of hydrazine groups is 1. The molecule has 0 fully saturated rings. The van der Waals surface area contributed by atoms with Crippen LogP contribution in [0.2, 0.25) is 0 Å². The molecule has 2 rings (SSSR count). The first-order valence-electron chi connectivity index (χ1n) is 4.32. The Kier molecular flexibility index (Phi) is 2.23. The predicted molar refractivity (Wildman–Crippen MR) is 54.7 cm³/mol. The summed E-state index contributed by atoms with van der Waals surface area (Å²) in [5, 5.41) is 2.93. The van der Waals surface area contributed by atoms with Crippen molar-refractivity contribution in [1.82, 2.24) is 9.99 Å². The monoisotopic (exact) mass is 198 g/mol. The van der Waals surface area contributed by atoms with Crippen LogP contribution >= 0.6 is 11.3 Å². The molecule has 0 amide bonds. The summed E-state index contributed by atoms with van der Waals surface area (Å²) in [7, 11) is 4.04. The quantitative estimate of drug-likeness (QED) is 0.665. The van der Waals surface area contributed by atoms with E-state index in [0.29, 0.717) is 0 Å². The molecule has 0 saturated carbocycles. The molecule has 0 aliphatic carbocycles. The minimum absolute atomic E-state index is 0.848. The maximum absolute atomic E-state index is 5.73. The maximum Gasteiger partial charge on any atom is 0.185 e. The van der Waals surface area contributed by atoms with Gasteiger partial charge in [0.25, 0.3) is 0 Å². The number of aromatic nitrogens is 1. The number of fused-ring (bicyclic) bond motifs is 1. The van der Waals surface area contributed by atoms with Crippen molar-refractivity contribution in [1.29, 1.82) is 0 Å². The highest BCUT2D eigenvalue weighted by molar-refractivity contribution is 7.15. The number of nitrogens with zero attached hydrogens (tertiary/aromatic N) is 3. The molecule has 0 unspecified atom stereocenters. The Morgan fingerprint density at radius 3 is 3.00 bits per heavy atom. The first-order valence-corrected chi connectivity index (χ1v) is 5.14. The minimum atomic E-state index is 0.848. The number of nitrogens with two attached hydrogens (primary N) is 1. The van der Waals surface area contributed by atoms with E-state index >= 15 is 0 Å². The van der Waals surface area contributed by atoms with Crippen LogP contribution in [-0.4, -0.2) is 30.6 Å². The molecule has 1 aromatic rings. The van der Waals surface area contributed by atoms with Gasteiger partial charge >= 0.3 is 0 Å². The molecule has 5 heteroatoms. The van der Waals surface area contributed by atoms with Gasteiger partial charge in [0.05, 0.1) is 5.69 Å². The molecule has 4 nitrogen and oxygen atoms in total. The average Bonchev–Trinajstić information content (AvgIpc) is 2.46. The second-order valence-corrected chi connectivity index (χ2v) is 4.54. The van der Waals surface area contributed by atoms with Crippen LogP contribution in [0.4, 0.5) is 5.13 Å². The highest BCUT2D eigenvalue weighted by Crippen LogP contribution is 2.28. The number of rotatable bonds is 1. The van der Waals surface area contributed by atoms with Gasteiger partial charge < -0.3 is 4.90 Å². The number of thiazole rings is 1. The van der Waals surface area contributed by atoms with Gasteiger partial charge in [-0.3, -0.25) is 5.84 Å². The summed E-state index contributed by atoms with van der Waals surface area (Å²) in [6.45, 7) is 1.77. The highest BCUT2D eigenvalue weighted by Gasteiger charge is 2.18. The van der Waals surface area contributed by atoms with E-state index in [1.54, 1.807) is 11.3 Å². The molecule has 0 aromatic carbocycles. The topological polar surface area (TPSA) is 45.4 Å². The number of hydrogen-bond acceptors (Lipinski definition) is 5. The Balaban J connectivity index is 2.28. The van der Waals surface area contributed by atoms with Crippen molar-refractivity contribution in [2.75, 3.05) is 25.5 Å². The molecule has 0 bridgehead atoms. The summed E-state index contributed by atoms with van der Waals surface area (Å²) in [4.78, 5) is 7.91. The van der Waals surface area contributed by atoms with Crippen LogP contribution in [0.15, 0.2) is 0 Å². The first-order chi connectivity index (χ1) is 6.16. The van der Waals surface area contributed by atoms with Crippen molar-refractivity contribution in [2.45, 2.75) is 13.0 Å². The highest BCUT2D eigenvalue weighted by atomic mass is 32.1. The molecule has 0 atom stereocenters. The molecule has 13 heavy (non-hydrogen) atoms. The summed E-state index contributed by atoms with van der Waals surface area (Å²) < 4.78 is 0. The summed E-state index contributed by atoms with van der Waals surface area (Å²) in [5.41, 5.74) is 1.23. The summed E-state index contributed by atoms with van der Waals surface area (Å²) in [6.07, 6.45) is 0.982. The largest absolute Gasteiger partial charge is 0.354 e. The Bertz CT molecular complexity index is 307. The zero-order valence-electron chi connectivity index (χ0n) is 7.95. The van der Waals surface area contributed by atoms with Gasteiger partial charge in [0.15, 0.2) is 5.13 Å². The van der Waals surface area contributed by atoms with Crippen LogP contribution in [0.5, 0.6) is 0 Å². The van der Waals surface area contributed by atoms with Crippen LogP contribution in [0.1, 0.15) is 10.6 Å². The molecule has 0 saturated heterocycles. The third-order valence-electron chi connectivity index (χ3n) is 2.13. The number of hydrogen-bond donors (Lipinski definition) is 1. The van der Waals surface area contributed by atoms with Crippen LogP contribution in [0, 0.1) is 0 Å². The lowest BCUT2D eigenvalue weighted by atomic mass is 10.2.